The molecule has 2 atom stereocenters. The lowest BCUT2D eigenvalue weighted by Gasteiger charge is -2.06. The molecule has 1 aromatic carbocycles. The van der Waals surface area contributed by atoms with Crippen molar-refractivity contribution in [2.24, 2.45) is 11.3 Å². The van der Waals surface area contributed by atoms with Gasteiger partial charge in [0.05, 0.1) is 0 Å². The third-order valence-corrected chi connectivity index (χ3v) is 4.52. The topological polar surface area (TPSA) is 0 Å². The Kier molecular flexibility index (Phi) is 2.70. The van der Waals surface area contributed by atoms with E-state index in [0.29, 0.717) is 5.41 Å². The second kappa shape index (κ2) is 3.62. The first-order valence-electron chi connectivity index (χ1n) is 5.61. The van der Waals surface area contributed by atoms with Crippen LogP contribution in [0.4, 0.5) is 0 Å². The molecule has 2 rings (SSSR count). The molecular formula is C14H19Br. The van der Waals surface area contributed by atoms with Crippen LogP contribution in [0, 0.1) is 25.2 Å². The van der Waals surface area contributed by atoms with Crippen molar-refractivity contribution in [2.75, 3.05) is 5.33 Å². The zero-order chi connectivity index (χ0) is 11.2. The first kappa shape index (κ1) is 11.2. The third-order valence-electron chi connectivity index (χ3n) is 3.82. The highest BCUT2D eigenvalue weighted by Gasteiger charge is 2.57. The molecule has 1 fully saturated rings. The summed E-state index contributed by atoms with van der Waals surface area (Å²) in [4.78, 5) is 0. The summed E-state index contributed by atoms with van der Waals surface area (Å²) in [5.41, 5.74) is 4.79. The fourth-order valence-corrected chi connectivity index (χ4v) is 4.09. The molecule has 0 aliphatic heterocycles. The van der Waals surface area contributed by atoms with Crippen LogP contribution >= 0.6 is 15.9 Å². The molecular weight excluding hydrogens is 248 g/mol. The van der Waals surface area contributed by atoms with E-state index in [2.05, 4.69) is 61.8 Å². The van der Waals surface area contributed by atoms with Gasteiger partial charge in [-0.2, -0.15) is 0 Å². The average Bonchev–Trinajstić information content (AvgIpc) is 2.66. The summed E-state index contributed by atoms with van der Waals surface area (Å²) in [5.74, 6) is 1.55. The van der Waals surface area contributed by atoms with Crippen molar-refractivity contribution in [3.05, 3.63) is 34.9 Å². The molecule has 1 aromatic rings. The fourth-order valence-electron chi connectivity index (χ4n) is 2.88. The number of rotatable bonds is 2. The number of halogens is 1. The Hall–Kier alpha value is -0.300. The minimum atomic E-state index is 0.476. The predicted octanol–water partition coefficient (Wildman–Crippen LogP) is 4.44. The molecule has 1 heteroatoms. The van der Waals surface area contributed by atoms with Gasteiger partial charge in [-0.3, -0.25) is 0 Å². The molecule has 0 radical (unpaired) electrons. The summed E-state index contributed by atoms with van der Waals surface area (Å²) in [6, 6.07) is 6.95. The van der Waals surface area contributed by atoms with Gasteiger partial charge in [0.2, 0.25) is 0 Å². The Bertz CT molecular complexity index is 359. The highest BCUT2D eigenvalue weighted by Crippen LogP contribution is 2.64. The molecule has 1 aliphatic rings. The van der Waals surface area contributed by atoms with Crippen molar-refractivity contribution in [3.63, 3.8) is 0 Å². The van der Waals surface area contributed by atoms with Gasteiger partial charge in [-0.25, -0.2) is 0 Å². The van der Waals surface area contributed by atoms with Gasteiger partial charge in [0, 0.05) is 5.33 Å². The molecule has 2 unspecified atom stereocenters. The maximum Gasteiger partial charge on any atom is 0.00710 e. The van der Waals surface area contributed by atoms with E-state index in [1.807, 2.05) is 0 Å². The van der Waals surface area contributed by atoms with Gasteiger partial charge in [-0.1, -0.05) is 59.1 Å². The molecule has 0 spiro atoms. The van der Waals surface area contributed by atoms with E-state index in [1.165, 1.54) is 16.7 Å². The average molecular weight is 267 g/mol. The molecule has 1 saturated carbocycles. The maximum absolute atomic E-state index is 3.63. The number of aryl methyl sites for hydroxylation is 2. The van der Waals surface area contributed by atoms with Crippen LogP contribution in [0.25, 0.3) is 0 Å². The zero-order valence-corrected chi connectivity index (χ0v) is 11.6. The van der Waals surface area contributed by atoms with E-state index < -0.39 is 0 Å². The molecule has 0 bridgehead atoms. The largest absolute Gasteiger partial charge is 0.0925 e. The first-order chi connectivity index (χ1) is 6.96. The molecule has 0 amide bonds. The summed E-state index contributed by atoms with van der Waals surface area (Å²) >= 11 is 3.63. The molecule has 82 valence electrons. The first-order valence-corrected chi connectivity index (χ1v) is 6.73. The van der Waals surface area contributed by atoms with Gasteiger partial charge >= 0.3 is 0 Å². The van der Waals surface area contributed by atoms with Crippen molar-refractivity contribution < 1.29 is 0 Å². The Morgan fingerprint density at radius 3 is 2.07 bits per heavy atom. The van der Waals surface area contributed by atoms with E-state index in [-0.39, 0.29) is 0 Å². The summed E-state index contributed by atoms with van der Waals surface area (Å²) < 4.78 is 0. The van der Waals surface area contributed by atoms with Crippen LogP contribution < -0.4 is 0 Å². The lowest BCUT2D eigenvalue weighted by molar-refractivity contribution is 0.579. The van der Waals surface area contributed by atoms with Gasteiger partial charge in [-0.15, -0.1) is 0 Å². The van der Waals surface area contributed by atoms with Crippen LogP contribution in [0.5, 0.6) is 0 Å². The Labute approximate surface area is 101 Å². The second-order valence-corrected chi connectivity index (χ2v) is 6.13. The van der Waals surface area contributed by atoms with Crippen molar-refractivity contribution in [3.8, 4) is 0 Å². The van der Waals surface area contributed by atoms with E-state index in [0.717, 1.165) is 17.2 Å². The lowest BCUT2D eigenvalue weighted by atomic mass is 9.99. The minimum absolute atomic E-state index is 0.476. The van der Waals surface area contributed by atoms with Crippen LogP contribution in [0.15, 0.2) is 18.2 Å². The van der Waals surface area contributed by atoms with Crippen LogP contribution in [-0.4, -0.2) is 5.33 Å². The van der Waals surface area contributed by atoms with Gasteiger partial charge in [0.15, 0.2) is 0 Å². The van der Waals surface area contributed by atoms with Gasteiger partial charge in [0.25, 0.3) is 0 Å². The van der Waals surface area contributed by atoms with Crippen LogP contribution in [-0.2, 0) is 0 Å². The van der Waals surface area contributed by atoms with Crippen molar-refractivity contribution >= 4 is 15.9 Å². The number of hydrogen-bond donors (Lipinski definition) is 0. The van der Waals surface area contributed by atoms with Gasteiger partial charge < -0.3 is 0 Å². The number of alkyl halides is 1. The smallest absolute Gasteiger partial charge is 0.00710 e. The van der Waals surface area contributed by atoms with E-state index in [4.69, 9.17) is 0 Å². The SMILES string of the molecule is Cc1cc(C)cc(C2C(CBr)C2(C)C)c1. The molecule has 0 N–H and O–H groups in total. The predicted molar refractivity (Wildman–Crippen MR) is 69.7 cm³/mol. The third kappa shape index (κ3) is 1.87. The minimum Gasteiger partial charge on any atom is -0.0925 e. The summed E-state index contributed by atoms with van der Waals surface area (Å²) in [6.07, 6.45) is 0. The molecule has 0 aromatic heterocycles. The highest BCUT2D eigenvalue weighted by molar-refractivity contribution is 9.09. The molecule has 0 nitrogen and oxygen atoms in total. The summed E-state index contributed by atoms with van der Waals surface area (Å²) in [7, 11) is 0. The van der Waals surface area contributed by atoms with Gasteiger partial charge in [-0.05, 0) is 36.7 Å². The van der Waals surface area contributed by atoms with Crippen molar-refractivity contribution in [2.45, 2.75) is 33.6 Å². The van der Waals surface area contributed by atoms with E-state index in [1.54, 1.807) is 0 Å². The van der Waals surface area contributed by atoms with Crippen LogP contribution in [0.1, 0.15) is 36.5 Å². The quantitative estimate of drug-likeness (QED) is 0.695. The van der Waals surface area contributed by atoms with Crippen molar-refractivity contribution in [1.82, 2.24) is 0 Å². The van der Waals surface area contributed by atoms with Crippen LogP contribution in [0.3, 0.4) is 0 Å². The fraction of sp³-hybridized carbons (Fsp3) is 0.571. The van der Waals surface area contributed by atoms with Crippen LogP contribution in [0.2, 0.25) is 0 Å². The maximum atomic E-state index is 3.63. The van der Waals surface area contributed by atoms with E-state index in [9.17, 15) is 0 Å². The lowest BCUT2D eigenvalue weighted by Crippen LogP contribution is -1.91. The summed E-state index contributed by atoms with van der Waals surface area (Å²) in [6.45, 7) is 9.13. The number of hydrogen-bond acceptors (Lipinski definition) is 0. The highest BCUT2D eigenvalue weighted by atomic mass is 79.9. The molecule has 15 heavy (non-hydrogen) atoms. The number of benzene rings is 1. The monoisotopic (exact) mass is 266 g/mol. The van der Waals surface area contributed by atoms with Gasteiger partial charge in [0.1, 0.15) is 0 Å². The standard InChI is InChI=1S/C14H19Br/c1-9-5-10(2)7-11(6-9)13-12(8-15)14(13,3)4/h5-7,12-13H,8H2,1-4H3. The second-order valence-electron chi connectivity index (χ2n) is 5.48. The normalized spacial score (nSPS) is 27.8. The molecule has 1 aliphatic carbocycles. The van der Waals surface area contributed by atoms with Crippen molar-refractivity contribution in [1.29, 1.82) is 0 Å². The Morgan fingerprint density at radius 1 is 1.13 bits per heavy atom. The molecule has 0 saturated heterocycles. The van der Waals surface area contributed by atoms with E-state index >= 15 is 0 Å². The molecule has 0 heterocycles. The Morgan fingerprint density at radius 2 is 1.67 bits per heavy atom. The summed E-state index contributed by atoms with van der Waals surface area (Å²) in [5, 5.41) is 1.12. The Balaban J connectivity index is 2.32. The zero-order valence-electron chi connectivity index (χ0n) is 9.97.